The zero-order chi connectivity index (χ0) is 17.4. The van der Waals surface area contributed by atoms with Crippen molar-refractivity contribution in [3.63, 3.8) is 0 Å². The molecule has 1 aliphatic rings. The predicted molar refractivity (Wildman–Crippen MR) is 101 cm³/mol. The molecule has 0 bridgehead atoms. The molecule has 3 rings (SSSR count). The number of hydrogen-bond donors (Lipinski definition) is 0. The van der Waals surface area contributed by atoms with Crippen LogP contribution in [-0.2, 0) is 23.8 Å². The van der Waals surface area contributed by atoms with Gasteiger partial charge < -0.3 is 0 Å². The fraction of sp³-hybridized carbons (Fsp3) is 0.500. The minimum atomic E-state index is 0.160. The van der Waals surface area contributed by atoms with Crippen molar-refractivity contribution in [2.24, 2.45) is 0 Å². The third-order valence-electron chi connectivity index (χ3n) is 5.16. The molecular weight excluding hydrogens is 292 g/mol. The summed E-state index contributed by atoms with van der Waals surface area (Å²) in [4.78, 5) is 7.33. The summed E-state index contributed by atoms with van der Waals surface area (Å²) in [7, 11) is 0. The van der Waals surface area contributed by atoms with E-state index in [0.717, 1.165) is 26.1 Å². The summed E-state index contributed by atoms with van der Waals surface area (Å²) in [6.07, 6.45) is 3.13. The molecule has 0 radical (unpaired) electrons. The van der Waals surface area contributed by atoms with Crippen molar-refractivity contribution in [2.75, 3.05) is 13.1 Å². The van der Waals surface area contributed by atoms with Crippen molar-refractivity contribution < 1.29 is 0 Å². The molecule has 0 aliphatic carbocycles. The molecule has 0 fully saturated rings. The number of aromatic nitrogens is 1. The van der Waals surface area contributed by atoms with Crippen LogP contribution in [0.4, 0.5) is 0 Å². The van der Waals surface area contributed by atoms with Gasteiger partial charge in [-0.3, -0.25) is 9.88 Å². The summed E-state index contributed by atoms with van der Waals surface area (Å²) in [5.74, 6) is 0. The molecular formula is C22H30N2. The van der Waals surface area contributed by atoms with E-state index in [0.29, 0.717) is 0 Å². The van der Waals surface area contributed by atoms with E-state index in [1.165, 1.54) is 22.4 Å². The van der Waals surface area contributed by atoms with Crippen LogP contribution in [0.15, 0.2) is 42.6 Å². The van der Waals surface area contributed by atoms with Gasteiger partial charge in [0.05, 0.1) is 0 Å². The molecule has 0 saturated heterocycles. The molecule has 2 nitrogen and oxygen atoms in total. The number of pyridine rings is 1. The van der Waals surface area contributed by atoms with E-state index in [4.69, 9.17) is 4.98 Å². The summed E-state index contributed by atoms with van der Waals surface area (Å²) in [5, 5.41) is 0. The van der Waals surface area contributed by atoms with Gasteiger partial charge in [-0.2, -0.15) is 0 Å². The minimum absolute atomic E-state index is 0.160. The van der Waals surface area contributed by atoms with Crippen LogP contribution in [0.5, 0.6) is 0 Å². The molecule has 2 heteroatoms. The standard InChI is InChI=1S/C22H30N2/c1-21(2,3)19-13-17-15-24(12-11-20(17)23-14-19)16-22(4,5)18-9-7-6-8-10-18/h6-10,13-14H,11-12,15-16H2,1-5H3. The maximum atomic E-state index is 4.75. The van der Waals surface area contributed by atoms with Gasteiger partial charge in [0.15, 0.2) is 0 Å². The van der Waals surface area contributed by atoms with Crippen molar-refractivity contribution in [3.05, 3.63) is 65.0 Å². The second-order valence-corrected chi connectivity index (χ2v) is 8.79. The first-order valence-electron chi connectivity index (χ1n) is 9.02. The predicted octanol–water partition coefficient (Wildman–Crippen LogP) is 4.72. The van der Waals surface area contributed by atoms with Crippen LogP contribution in [0.25, 0.3) is 0 Å². The molecule has 0 unspecified atom stereocenters. The molecule has 2 aromatic rings. The zero-order valence-corrected chi connectivity index (χ0v) is 15.8. The van der Waals surface area contributed by atoms with E-state index in [2.05, 4.69) is 82.1 Å². The van der Waals surface area contributed by atoms with Crippen molar-refractivity contribution in [3.8, 4) is 0 Å². The lowest BCUT2D eigenvalue weighted by molar-refractivity contribution is 0.205. The molecule has 2 heterocycles. The molecule has 24 heavy (non-hydrogen) atoms. The van der Waals surface area contributed by atoms with Gasteiger partial charge >= 0.3 is 0 Å². The number of hydrogen-bond acceptors (Lipinski definition) is 2. The van der Waals surface area contributed by atoms with E-state index in [1.807, 2.05) is 0 Å². The fourth-order valence-electron chi connectivity index (χ4n) is 3.57. The van der Waals surface area contributed by atoms with Gasteiger partial charge in [-0.25, -0.2) is 0 Å². The van der Waals surface area contributed by atoms with E-state index in [9.17, 15) is 0 Å². The van der Waals surface area contributed by atoms with Gasteiger partial charge in [-0.1, -0.05) is 71.0 Å². The second-order valence-electron chi connectivity index (χ2n) is 8.79. The van der Waals surface area contributed by atoms with Gasteiger partial charge in [0.2, 0.25) is 0 Å². The number of benzene rings is 1. The van der Waals surface area contributed by atoms with Gasteiger partial charge in [0.25, 0.3) is 0 Å². The first kappa shape index (κ1) is 17.2. The minimum Gasteiger partial charge on any atom is -0.298 e. The first-order chi connectivity index (χ1) is 11.3. The lowest BCUT2D eigenvalue weighted by Crippen LogP contribution is -2.40. The smallest absolute Gasteiger partial charge is 0.0461 e. The Morgan fingerprint density at radius 1 is 1.00 bits per heavy atom. The summed E-state index contributed by atoms with van der Waals surface area (Å²) in [5.41, 5.74) is 5.78. The van der Waals surface area contributed by atoms with Crippen LogP contribution >= 0.6 is 0 Å². The maximum Gasteiger partial charge on any atom is 0.0461 e. The highest BCUT2D eigenvalue weighted by Crippen LogP contribution is 2.29. The summed E-state index contributed by atoms with van der Waals surface area (Å²) >= 11 is 0. The van der Waals surface area contributed by atoms with Crippen LogP contribution in [-0.4, -0.2) is 23.0 Å². The van der Waals surface area contributed by atoms with Gasteiger partial charge in [-0.05, 0) is 22.1 Å². The van der Waals surface area contributed by atoms with Crippen LogP contribution in [0.3, 0.4) is 0 Å². The van der Waals surface area contributed by atoms with Crippen molar-refractivity contribution in [2.45, 2.75) is 58.4 Å². The normalized spacial score (nSPS) is 16.0. The third-order valence-corrected chi connectivity index (χ3v) is 5.16. The maximum absolute atomic E-state index is 4.75. The van der Waals surface area contributed by atoms with Gasteiger partial charge in [0.1, 0.15) is 0 Å². The Kier molecular flexibility index (Phi) is 4.52. The average molecular weight is 322 g/mol. The number of fused-ring (bicyclic) bond motifs is 1. The highest BCUT2D eigenvalue weighted by molar-refractivity contribution is 5.31. The van der Waals surface area contributed by atoms with Crippen LogP contribution in [0.1, 0.15) is 57.0 Å². The molecule has 0 saturated carbocycles. The Hall–Kier alpha value is -1.67. The number of nitrogens with zero attached hydrogens (tertiary/aromatic N) is 2. The largest absolute Gasteiger partial charge is 0.298 e. The molecule has 1 aliphatic heterocycles. The van der Waals surface area contributed by atoms with Gasteiger partial charge in [0, 0.05) is 43.4 Å². The lowest BCUT2D eigenvalue weighted by Gasteiger charge is -2.36. The lowest BCUT2D eigenvalue weighted by atomic mass is 9.83. The molecule has 128 valence electrons. The first-order valence-corrected chi connectivity index (χ1v) is 9.02. The third kappa shape index (κ3) is 3.70. The fourth-order valence-corrected chi connectivity index (χ4v) is 3.57. The SMILES string of the molecule is CC(C)(C)c1cnc2c(c1)CN(CC(C)(C)c1ccccc1)CC2. The molecule has 0 amide bonds. The highest BCUT2D eigenvalue weighted by atomic mass is 15.1. The summed E-state index contributed by atoms with van der Waals surface area (Å²) in [6, 6.07) is 13.2. The Labute approximate surface area is 146 Å². The molecule has 0 atom stereocenters. The van der Waals surface area contributed by atoms with E-state index < -0.39 is 0 Å². The molecule has 0 N–H and O–H groups in total. The summed E-state index contributed by atoms with van der Waals surface area (Å²) in [6.45, 7) is 14.7. The molecule has 0 spiro atoms. The van der Waals surface area contributed by atoms with Crippen molar-refractivity contribution >= 4 is 0 Å². The van der Waals surface area contributed by atoms with Crippen LogP contribution < -0.4 is 0 Å². The van der Waals surface area contributed by atoms with Gasteiger partial charge in [-0.15, -0.1) is 0 Å². The zero-order valence-electron chi connectivity index (χ0n) is 15.8. The summed E-state index contributed by atoms with van der Waals surface area (Å²) < 4.78 is 0. The highest BCUT2D eigenvalue weighted by Gasteiger charge is 2.27. The van der Waals surface area contributed by atoms with Crippen molar-refractivity contribution in [1.29, 1.82) is 0 Å². The Balaban J connectivity index is 1.77. The van der Waals surface area contributed by atoms with E-state index in [1.54, 1.807) is 0 Å². The van der Waals surface area contributed by atoms with E-state index in [-0.39, 0.29) is 10.8 Å². The quantitative estimate of drug-likeness (QED) is 0.813. The average Bonchev–Trinajstić information content (AvgIpc) is 2.54. The molecule has 1 aromatic heterocycles. The van der Waals surface area contributed by atoms with E-state index >= 15 is 0 Å². The topological polar surface area (TPSA) is 16.1 Å². The number of rotatable bonds is 3. The Bertz CT molecular complexity index is 696. The Morgan fingerprint density at radius 2 is 1.71 bits per heavy atom. The molecule has 1 aromatic carbocycles. The Morgan fingerprint density at radius 3 is 2.38 bits per heavy atom. The second kappa shape index (κ2) is 6.33. The van der Waals surface area contributed by atoms with Crippen molar-refractivity contribution in [1.82, 2.24) is 9.88 Å². The van der Waals surface area contributed by atoms with Crippen LogP contribution in [0.2, 0.25) is 0 Å². The van der Waals surface area contributed by atoms with Crippen LogP contribution in [0, 0.1) is 0 Å². The monoisotopic (exact) mass is 322 g/mol.